The summed E-state index contributed by atoms with van der Waals surface area (Å²) in [4.78, 5) is 0. The predicted molar refractivity (Wildman–Crippen MR) is 50.9 cm³/mol. The predicted octanol–water partition coefficient (Wildman–Crippen LogP) is 3.39. The van der Waals surface area contributed by atoms with Crippen molar-refractivity contribution in [3.8, 4) is 0 Å². The lowest BCUT2D eigenvalue weighted by molar-refractivity contribution is 0.554. The maximum atomic E-state index is 5.24. The van der Waals surface area contributed by atoms with Gasteiger partial charge in [0, 0.05) is 5.33 Å². The maximum absolute atomic E-state index is 5.24. The third kappa shape index (κ3) is 2.22. The number of aryl methyl sites for hydroxylation is 1. The van der Waals surface area contributed by atoms with Crippen LogP contribution >= 0.6 is 15.9 Å². The third-order valence-electron chi connectivity index (χ3n) is 1.49. The standard InChI is InChI=1S/C9H11BrO/c1-7(6-10)5-9-8(2)3-4-11-9/h3-5H,6H2,1-2H3/b7-5-. The zero-order valence-electron chi connectivity index (χ0n) is 6.73. The molecular weight excluding hydrogens is 204 g/mol. The molecule has 0 fully saturated rings. The van der Waals surface area contributed by atoms with Gasteiger partial charge in [0.15, 0.2) is 0 Å². The molecule has 0 spiro atoms. The van der Waals surface area contributed by atoms with Crippen LogP contribution in [0, 0.1) is 6.92 Å². The highest BCUT2D eigenvalue weighted by atomic mass is 79.9. The van der Waals surface area contributed by atoms with Crippen LogP contribution in [-0.2, 0) is 0 Å². The van der Waals surface area contributed by atoms with Crippen molar-refractivity contribution in [2.24, 2.45) is 0 Å². The monoisotopic (exact) mass is 214 g/mol. The summed E-state index contributed by atoms with van der Waals surface area (Å²) in [5.41, 5.74) is 2.45. The topological polar surface area (TPSA) is 13.1 Å². The van der Waals surface area contributed by atoms with Crippen LogP contribution in [0.5, 0.6) is 0 Å². The average Bonchev–Trinajstić information content (AvgIpc) is 2.37. The normalized spacial score (nSPS) is 12.1. The Morgan fingerprint density at radius 3 is 2.91 bits per heavy atom. The quantitative estimate of drug-likeness (QED) is 0.689. The van der Waals surface area contributed by atoms with Crippen molar-refractivity contribution < 1.29 is 4.42 Å². The molecule has 0 radical (unpaired) electrons. The zero-order chi connectivity index (χ0) is 8.27. The van der Waals surface area contributed by atoms with Gasteiger partial charge in [0.05, 0.1) is 6.26 Å². The van der Waals surface area contributed by atoms with E-state index in [2.05, 4.69) is 22.9 Å². The van der Waals surface area contributed by atoms with Crippen molar-refractivity contribution in [3.05, 3.63) is 29.2 Å². The molecule has 60 valence electrons. The fraction of sp³-hybridized carbons (Fsp3) is 0.333. The number of allylic oxidation sites excluding steroid dienone is 1. The minimum absolute atomic E-state index is 0.896. The summed E-state index contributed by atoms with van der Waals surface area (Å²) in [5.74, 6) is 0.960. The fourth-order valence-electron chi connectivity index (χ4n) is 0.795. The van der Waals surface area contributed by atoms with Gasteiger partial charge in [-0.05, 0) is 31.6 Å². The molecule has 0 saturated heterocycles. The highest BCUT2D eigenvalue weighted by Crippen LogP contribution is 2.13. The lowest BCUT2D eigenvalue weighted by Gasteiger charge is -1.92. The Labute approximate surface area is 75.2 Å². The van der Waals surface area contributed by atoms with Crippen LogP contribution < -0.4 is 0 Å². The maximum Gasteiger partial charge on any atom is 0.129 e. The summed E-state index contributed by atoms with van der Waals surface area (Å²) in [6, 6.07) is 1.97. The molecule has 0 N–H and O–H groups in total. The molecule has 1 aromatic rings. The number of rotatable bonds is 2. The van der Waals surface area contributed by atoms with Crippen molar-refractivity contribution in [2.45, 2.75) is 13.8 Å². The second kappa shape index (κ2) is 3.77. The molecule has 0 aliphatic rings. The van der Waals surface area contributed by atoms with Gasteiger partial charge in [-0.15, -0.1) is 0 Å². The smallest absolute Gasteiger partial charge is 0.129 e. The number of alkyl halides is 1. The molecule has 1 nitrogen and oxygen atoms in total. The van der Waals surface area contributed by atoms with E-state index < -0.39 is 0 Å². The Kier molecular flexibility index (Phi) is 2.94. The number of furan rings is 1. The Hall–Kier alpha value is -0.500. The number of hydrogen-bond acceptors (Lipinski definition) is 1. The van der Waals surface area contributed by atoms with E-state index in [4.69, 9.17) is 4.42 Å². The fourth-order valence-corrected chi connectivity index (χ4v) is 0.957. The first-order valence-electron chi connectivity index (χ1n) is 3.51. The highest BCUT2D eigenvalue weighted by molar-refractivity contribution is 9.09. The summed E-state index contributed by atoms with van der Waals surface area (Å²) in [5, 5.41) is 0.896. The average molecular weight is 215 g/mol. The molecule has 0 atom stereocenters. The zero-order valence-corrected chi connectivity index (χ0v) is 8.31. The van der Waals surface area contributed by atoms with Gasteiger partial charge in [-0.1, -0.05) is 21.5 Å². The van der Waals surface area contributed by atoms with Crippen molar-refractivity contribution in [2.75, 3.05) is 5.33 Å². The summed E-state index contributed by atoms with van der Waals surface area (Å²) in [6.07, 6.45) is 3.76. The first kappa shape index (κ1) is 8.60. The van der Waals surface area contributed by atoms with E-state index in [9.17, 15) is 0 Å². The van der Waals surface area contributed by atoms with E-state index in [1.165, 1.54) is 11.1 Å². The summed E-state index contributed by atoms with van der Waals surface area (Å²) in [6.45, 7) is 4.10. The molecule has 0 unspecified atom stereocenters. The molecule has 0 saturated carbocycles. The van der Waals surface area contributed by atoms with Gasteiger partial charge >= 0.3 is 0 Å². The molecule has 11 heavy (non-hydrogen) atoms. The molecule has 0 amide bonds. The largest absolute Gasteiger partial charge is 0.465 e. The molecule has 1 heterocycles. The molecule has 1 aromatic heterocycles. The Morgan fingerprint density at radius 1 is 1.73 bits per heavy atom. The second-order valence-electron chi connectivity index (χ2n) is 2.59. The van der Waals surface area contributed by atoms with Crippen molar-refractivity contribution in [1.29, 1.82) is 0 Å². The van der Waals surface area contributed by atoms with Gasteiger partial charge in [-0.2, -0.15) is 0 Å². The first-order valence-corrected chi connectivity index (χ1v) is 4.63. The van der Waals surface area contributed by atoms with Crippen LogP contribution in [0.3, 0.4) is 0 Å². The van der Waals surface area contributed by atoms with Gasteiger partial charge in [-0.3, -0.25) is 0 Å². The Morgan fingerprint density at radius 2 is 2.45 bits per heavy atom. The van der Waals surface area contributed by atoms with Crippen LogP contribution in [0.25, 0.3) is 6.08 Å². The van der Waals surface area contributed by atoms with Crippen LogP contribution in [0.4, 0.5) is 0 Å². The number of halogens is 1. The summed E-state index contributed by atoms with van der Waals surface area (Å²) < 4.78 is 5.24. The van der Waals surface area contributed by atoms with E-state index >= 15 is 0 Å². The molecule has 2 heteroatoms. The van der Waals surface area contributed by atoms with Crippen LogP contribution in [0.2, 0.25) is 0 Å². The van der Waals surface area contributed by atoms with Crippen molar-refractivity contribution in [3.63, 3.8) is 0 Å². The molecule has 0 bridgehead atoms. The van der Waals surface area contributed by atoms with Crippen LogP contribution in [0.1, 0.15) is 18.2 Å². The van der Waals surface area contributed by atoms with Gasteiger partial charge in [-0.25, -0.2) is 0 Å². The molecular formula is C9H11BrO. The first-order chi connectivity index (χ1) is 5.24. The van der Waals surface area contributed by atoms with Crippen LogP contribution in [-0.4, -0.2) is 5.33 Å². The van der Waals surface area contributed by atoms with Gasteiger partial charge in [0.25, 0.3) is 0 Å². The van der Waals surface area contributed by atoms with Gasteiger partial charge in [0.1, 0.15) is 5.76 Å². The van der Waals surface area contributed by atoms with Gasteiger partial charge in [0.2, 0.25) is 0 Å². The minimum Gasteiger partial charge on any atom is -0.465 e. The van der Waals surface area contributed by atoms with E-state index in [-0.39, 0.29) is 0 Å². The molecule has 0 aliphatic heterocycles. The lowest BCUT2D eigenvalue weighted by Crippen LogP contribution is -1.76. The minimum atomic E-state index is 0.896. The molecule has 0 aromatic carbocycles. The summed E-state index contributed by atoms with van der Waals surface area (Å²) >= 11 is 3.38. The SMILES string of the molecule is C/C(=C/c1occc1C)CBr. The Balaban J connectivity index is 2.86. The molecule has 0 aliphatic carbocycles. The Bertz CT molecular complexity index is 260. The third-order valence-corrected chi connectivity index (χ3v) is 2.37. The van der Waals surface area contributed by atoms with Crippen LogP contribution in [0.15, 0.2) is 22.3 Å². The van der Waals surface area contributed by atoms with Crippen molar-refractivity contribution >= 4 is 22.0 Å². The van der Waals surface area contributed by atoms with E-state index in [1.807, 2.05) is 19.1 Å². The second-order valence-corrected chi connectivity index (χ2v) is 3.15. The lowest BCUT2D eigenvalue weighted by atomic mass is 10.2. The molecule has 1 rings (SSSR count). The van der Waals surface area contributed by atoms with E-state index in [0.29, 0.717) is 0 Å². The summed E-state index contributed by atoms with van der Waals surface area (Å²) in [7, 11) is 0. The highest BCUT2D eigenvalue weighted by Gasteiger charge is 1.96. The number of hydrogen-bond donors (Lipinski definition) is 0. The van der Waals surface area contributed by atoms with E-state index in [0.717, 1.165) is 11.1 Å². The van der Waals surface area contributed by atoms with E-state index in [1.54, 1.807) is 6.26 Å². The van der Waals surface area contributed by atoms with Crippen molar-refractivity contribution in [1.82, 2.24) is 0 Å². The van der Waals surface area contributed by atoms with Gasteiger partial charge < -0.3 is 4.42 Å².